The fourth-order valence-corrected chi connectivity index (χ4v) is 4.65. The van der Waals surface area contributed by atoms with Gasteiger partial charge in [0, 0.05) is 25.1 Å². The summed E-state index contributed by atoms with van der Waals surface area (Å²) in [5.74, 6) is -1.76. The highest BCUT2D eigenvalue weighted by Crippen LogP contribution is 2.36. The number of aliphatic imine (C=N–C) groups is 1. The monoisotopic (exact) mass is 523 g/mol. The van der Waals surface area contributed by atoms with Gasteiger partial charge in [-0.1, -0.05) is 24.3 Å². The van der Waals surface area contributed by atoms with Crippen molar-refractivity contribution in [2.75, 3.05) is 13.6 Å². The number of piperidine rings is 1. The van der Waals surface area contributed by atoms with E-state index in [-0.39, 0.29) is 25.1 Å². The average Bonchev–Trinajstić information content (AvgIpc) is 3.48. The molecule has 0 bridgehead atoms. The van der Waals surface area contributed by atoms with Gasteiger partial charge < -0.3 is 14.2 Å². The first-order valence-electron chi connectivity index (χ1n) is 12.5. The molecule has 38 heavy (non-hydrogen) atoms. The normalized spacial score (nSPS) is 26.3. The highest BCUT2D eigenvalue weighted by Gasteiger charge is 2.51. The lowest BCUT2D eigenvalue weighted by atomic mass is 9.78. The van der Waals surface area contributed by atoms with Crippen LogP contribution in [0.5, 0.6) is 0 Å². The summed E-state index contributed by atoms with van der Waals surface area (Å²) in [6.07, 6.45) is 0.686. The molecule has 2 saturated heterocycles. The number of hydrogen-bond donors (Lipinski definition) is 2. The second-order valence-electron chi connectivity index (χ2n) is 10.8. The lowest BCUT2D eigenvalue weighted by Crippen LogP contribution is -2.55. The van der Waals surface area contributed by atoms with Crippen molar-refractivity contribution in [3.8, 4) is 0 Å². The molecule has 0 radical (unpaired) electrons. The van der Waals surface area contributed by atoms with Gasteiger partial charge in [0.15, 0.2) is 12.1 Å². The molecule has 200 valence electrons. The van der Waals surface area contributed by atoms with Crippen LogP contribution in [-0.2, 0) is 33.3 Å². The molecular weight excluding hydrogens is 493 g/mol. The maximum Gasteiger partial charge on any atom is 0.494 e. The Morgan fingerprint density at radius 3 is 2.53 bits per heavy atom. The van der Waals surface area contributed by atoms with E-state index in [0.717, 1.165) is 15.9 Å². The molecule has 4 heterocycles. The fourth-order valence-electron chi connectivity index (χ4n) is 4.65. The SMILES string of the molecule is CN(CC1N=C(c2cccc(B3OC(C)(C)C(C)(C)O3)c2)NO1)C1=CC(=O)N(C2CCC(=O)NC2=O)C1=O. The Kier molecular flexibility index (Phi) is 6.40. The zero-order chi connectivity index (χ0) is 27.4. The molecule has 2 fully saturated rings. The number of imide groups is 2. The molecular formula is C25H30BN5O7. The van der Waals surface area contributed by atoms with Gasteiger partial charge in [0.25, 0.3) is 11.8 Å². The number of amides is 4. The van der Waals surface area contributed by atoms with Crippen LogP contribution in [0.1, 0.15) is 46.1 Å². The van der Waals surface area contributed by atoms with Gasteiger partial charge in [-0.15, -0.1) is 0 Å². The summed E-state index contributed by atoms with van der Waals surface area (Å²) in [4.78, 5) is 61.9. The van der Waals surface area contributed by atoms with Crippen LogP contribution in [-0.4, -0.2) is 83.4 Å². The third-order valence-corrected chi connectivity index (χ3v) is 7.55. The van der Waals surface area contributed by atoms with Gasteiger partial charge in [0.05, 0.1) is 17.7 Å². The van der Waals surface area contributed by atoms with E-state index in [1.165, 1.54) is 6.08 Å². The maximum absolute atomic E-state index is 13.0. The molecule has 2 atom stereocenters. The predicted molar refractivity (Wildman–Crippen MR) is 135 cm³/mol. The van der Waals surface area contributed by atoms with E-state index in [9.17, 15) is 19.2 Å². The Morgan fingerprint density at radius 2 is 1.84 bits per heavy atom. The largest absolute Gasteiger partial charge is 0.494 e. The van der Waals surface area contributed by atoms with Crippen molar-refractivity contribution in [2.45, 2.75) is 64.0 Å². The summed E-state index contributed by atoms with van der Waals surface area (Å²) in [5.41, 5.74) is 3.66. The number of nitrogens with zero attached hydrogens (tertiary/aromatic N) is 3. The smallest absolute Gasteiger partial charge is 0.399 e. The average molecular weight is 523 g/mol. The number of rotatable bonds is 6. The van der Waals surface area contributed by atoms with Crippen LogP contribution in [0.15, 0.2) is 41.0 Å². The first-order chi connectivity index (χ1) is 17.9. The Bertz CT molecular complexity index is 1260. The van der Waals surface area contributed by atoms with E-state index < -0.39 is 54.2 Å². The molecule has 0 aliphatic carbocycles. The van der Waals surface area contributed by atoms with Crippen LogP contribution in [0, 0.1) is 0 Å². The Balaban J connectivity index is 1.24. The lowest BCUT2D eigenvalue weighted by molar-refractivity contribution is -0.150. The highest BCUT2D eigenvalue weighted by molar-refractivity contribution is 6.62. The molecule has 12 nitrogen and oxygen atoms in total. The molecule has 0 saturated carbocycles. The van der Waals surface area contributed by atoms with Crippen molar-refractivity contribution in [2.24, 2.45) is 4.99 Å². The van der Waals surface area contributed by atoms with Gasteiger partial charge in [0.1, 0.15) is 11.7 Å². The summed E-state index contributed by atoms with van der Waals surface area (Å²) < 4.78 is 12.3. The molecule has 13 heteroatoms. The molecule has 1 aromatic rings. The molecule has 4 amide bonds. The fraction of sp³-hybridized carbons (Fsp3) is 0.480. The Morgan fingerprint density at radius 1 is 1.13 bits per heavy atom. The zero-order valence-electron chi connectivity index (χ0n) is 21.9. The third kappa shape index (κ3) is 4.61. The molecule has 5 rings (SSSR count). The number of carbonyl (C=O) groups is 4. The van der Waals surface area contributed by atoms with Crippen LogP contribution in [0.25, 0.3) is 0 Å². The van der Waals surface area contributed by atoms with Crippen LogP contribution in [0.3, 0.4) is 0 Å². The highest BCUT2D eigenvalue weighted by atomic mass is 16.7. The Hall–Kier alpha value is -3.55. The minimum Gasteiger partial charge on any atom is -0.399 e. The minimum atomic E-state index is -1.01. The number of nitrogens with one attached hydrogen (secondary N) is 2. The first-order valence-corrected chi connectivity index (χ1v) is 12.5. The minimum absolute atomic E-state index is 0.0629. The van der Waals surface area contributed by atoms with E-state index in [1.54, 1.807) is 11.9 Å². The van der Waals surface area contributed by atoms with Crippen molar-refractivity contribution in [3.05, 3.63) is 41.6 Å². The van der Waals surface area contributed by atoms with Crippen LogP contribution in [0.2, 0.25) is 0 Å². The number of carbonyl (C=O) groups excluding carboxylic acids is 4. The van der Waals surface area contributed by atoms with E-state index in [1.807, 2.05) is 52.0 Å². The van der Waals surface area contributed by atoms with Crippen LogP contribution < -0.4 is 16.3 Å². The van der Waals surface area contributed by atoms with Crippen molar-refractivity contribution < 1.29 is 33.3 Å². The quantitative estimate of drug-likeness (QED) is 0.376. The van der Waals surface area contributed by atoms with Gasteiger partial charge in [-0.3, -0.25) is 29.4 Å². The van der Waals surface area contributed by atoms with Gasteiger partial charge in [-0.2, -0.15) is 0 Å². The van der Waals surface area contributed by atoms with Crippen molar-refractivity contribution in [1.82, 2.24) is 20.6 Å². The first kappa shape index (κ1) is 26.1. The molecule has 4 aliphatic heterocycles. The van der Waals surface area contributed by atoms with Gasteiger partial charge >= 0.3 is 7.12 Å². The lowest BCUT2D eigenvalue weighted by Gasteiger charge is -2.32. The van der Waals surface area contributed by atoms with E-state index in [2.05, 4.69) is 15.8 Å². The topological polar surface area (TPSA) is 139 Å². The number of hydroxylamine groups is 1. The summed E-state index contributed by atoms with van der Waals surface area (Å²) in [5, 5.41) is 2.18. The second kappa shape index (κ2) is 9.33. The van der Waals surface area contributed by atoms with Crippen LogP contribution in [0.4, 0.5) is 0 Å². The molecule has 2 N–H and O–H groups in total. The van der Waals surface area contributed by atoms with E-state index in [4.69, 9.17) is 14.1 Å². The van der Waals surface area contributed by atoms with Gasteiger partial charge in [-0.05, 0) is 39.6 Å². The predicted octanol–water partition coefficient (Wildman–Crippen LogP) is -0.417. The summed E-state index contributed by atoms with van der Waals surface area (Å²) in [6.45, 7) is 8.15. The molecule has 2 unspecified atom stereocenters. The van der Waals surface area contributed by atoms with Gasteiger partial charge in [-0.25, -0.2) is 15.3 Å². The standard InChI is InChI=1S/C25H30BN5O7/c1-24(2)25(3,4)38-26(37-24)15-8-6-7-14(11-15)21-28-19(36-29-21)13-30(5)17-12-20(33)31(23(17)35)16-9-10-18(32)27-22(16)34/h6-8,11-12,16,19H,9-10,13H2,1-5H3,(H,28,29)(H,27,32,34). The zero-order valence-corrected chi connectivity index (χ0v) is 21.9. The summed E-state index contributed by atoms with van der Waals surface area (Å²) in [6, 6.07) is 6.60. The third-order valence-electron chi connectivity index (χ3n) is 7.55. The van der Waals surface area contributed by atoms with E-state index >= 15 is 0 Å². The number of likely N-dealkylation sites (N-methyl/N-ethyl adjacent to an activating group) is 1. The molecule has 0 aromatic heterocycles. The number of benzene rings is 1. The number of hydrogen-bond acceptors (Lipinski definition) is 10. The van der Waals surface area contributed by atoms with Crippen LogP contribution >= 0.6 is 0 Å². The second-order valence-corrected chi connectivity index (χ2v) is 10.8. The molecule has 0 spiro atoms. The Labute approximate surface area is 220 Å². The van der Waals surface area contributed by atoms with Gasteiger partial charge in [0.2, 0.25) is 11.8 Å². The van der Waals surface area contributed by atoms with E-state index in [0.29, 0.717) is 5.84 Å². The molecule has 1 aromatic carbocycles. The van der Waals surface area contributed by atoms with Crippen molar-refractivity contribution in [1.29, 1.82) is 0 Å². The van der Waals surface area contributed by atoms with Crippen molar-refractivity contribution in [3.63, 3.8) is 0 Å². The number of amidine groups is 1. The van der Waals surface area contributed by atoms with Crippen molar-refractivity contribution >= 4 is 42.0 Å². The summed E-state index contributed by atoms with van der Waals surface area (Å²) in [7, 11) is 1.12. The molecule has 4 aliphatic rings. The maximum atomic E-state index is 13.0. The summed E-state index contributed by atoms with van der Waals surface area (Å²) >= 11 is 0.